The topological polar surface area (TPSA) is 113 Å². The number of aliphatic carboxylic acids is 1. The Morgan fingerprint density at radius 3 is 2.33 bits per heavy atom. The molecule has 0 aliphatic carbocycles. The highest BCUT2D eigenvalue weighted by Crippen LogP contribution is 2.44. The summed E-state index contributed by atoms with van der Waals surface area (Å²) in [4.78, 5) is 38.5. The molecule has 0 saturated carbocycles. The number of carboxylic acids is 2. The number of aromatic carboxylic acids is 1. The van der Waals surface area contributed by atoms with E-state index in [0.29, 0.717) is 23.3 Å². The van der Waals surface area contributed by atoms with Crippen molar-refractivity contribution >= 4 is 17.8 Å². The number of methoxy groups -OCH3 is 1. The summed E-state index contributed by atoms with van der Waals surface area (Å²) in [5.41, 5.74) is 1.55. The van der Waals surface area contributed by atoms with E-state index in [0.717, 1.165) is 5.57 Å². The van der Waals surface area contributed by atoms with Crippen LogP contribution in [0.3, 0.4) is 0 Å². The van der Waals surface area contributed by atoms with Crippen molar-refractivity contribution in [3.8, 4) is 11.5 Å². The smallest absolute Gasteiger partial charge is 0.340 e. The lowest BCUT2D eigenvalue weighted by molar-refractivity contribution is -0.144. The van der Waals surface area contributed by atoms with Crippen LogP contribution in [0.25, 0.3) is 0 Å². The molecule has 1 amide bonds. The number of amides is 1. The Balaban J connectivity index is 2.71. The summed E-state index contributed by atoms with van der Waals surface area (Å²) < 4.78 is 11.2. The van der Waals surface area contributed by atoms with E-state index >= 15 is 0 Å². The van der Waals surface area contributed by atoms with Gasteiger partial charge < -0.3 is 24.6 Å². The molecule has 1 heterocycles. The lowest BCUT2D eigenvalue weighted by Gasteiger charge is -2.28. The van der Waals surface area contributed by atoms with Crippen LogP contribution in [-0.2, 0) is 11.3 Å². The van der Waals surface area contributed by atoms with E-state index < -0.39 is 23.9 Å². The van der Waals surface area contributed by atoms with Crippen LogP contribution < -0.4 is 9.47 Å². The van der Waals surface area contributed by atoms with Crippen LogP contribution in [0.4, 0.5) is 0 Å². The molecule has 1 aliphatic heterocycles. The Hall–Kier alpha value is -3.03. The van der Waals surface area contributed by atoms with Gasteiger partial charge in [-0.05, 0) is 32.8 Å². The highest BCUT2D eigenvalue weighted by Gasteiger charge is 2.44. The first-order valence-corrected chi connectivity index (χ1v) is 9.83. The number of fused-ring (bicyclic) bond motifs is 1. The minimum atomic E-state index is -1.31. The molecule has 2 atom stereocenters. The van der Waals surface area contributed by atoms with Gasteiger partial charge in [0.15, 0.2) is 0 Å². The van der Waals surface area contributed by atoms with Gasteiger partial charge in [-0.15, -0.1) is 0 Å². The van der Waals surface area contributed by atoms with E-state index in [9.17, 15) is 24.6 Å². The maximum absolute atomic E-state index is 13.3. The van der Waals surface area contributed by atoms with Gasteiger partial charge in [-0.1, -0.05) is 25.8 Å². The normalized spacial score (nSPS) is 14.7. The average molecular weight is 419 g/mol. The molecule has 2 rings (SSSR count). The Morgan fingerprint density at radius 1 is 1.23 bits per heavy atom. The summed E-state index contributed by atoms with van der Waals surface area (Å²) in [5, 5.41) is 19.6. The van der Waals surface area contributed by atoms with Crippen molar-refractivity contribution in [3.63, 3.8) is 0 Å². The lowest BCUT2D eigenvalue weighted by Crippen LogP contribution is -2.45. The molecular weight excluding hydrogens is 390 g/mol. The molecule has 0 radical (unpaired) electrons. The first kappa shape index (κ1) is 23.3. The summed E-state index contributed by atoms with van der Waals surface area (Å²) in [7, 11) is 1.33. The van der Waals surface area contributed by atoms with Crippen molar-refractivity contribution in [2.45, 2.75) is 53.6 Å². The zero-order chi connectivity index (χ0) is 22.7. The van der Waals surface area contributed by atoms with E-state index in [1.165, 1.54) is 12.0 Å². The maximum Gasteiger partial charge on any atom is 0.340 e. The Labute approximate surface area is 176 Å². The summed E-state index contributed by atoms with van der Waals surface area (Å²) in [5.74, 6) is -2.99. The minimum Gasteiger partial charge on any atom is -0.495 e. The van der Waals surface area contributed by atoms with Gasteiger partial charge in [-0.3, -0.25) is 4.79 Å². The third-order valence-corrected chi connectivity index (χ3v) is 5.45. The van der Waals surface area contributed by atoms with Gasteiger partial charge in [-0.2, -0.15) is 0 Å². The molecule has 164 valence electrons. The third kappa shape index (κ3) is 4.13. The van der Waals surface area contributed by atoms with Crippen molar-refractivity contribution in [2.24, 2.45) is 5.92 Å². The maximum atomic E-state index is 13.3. The molecule has 0 spiro atoms. The number of hydrogen-bond acceptors (Lipinski definition) is 5. The van der Waals surface area contributed by atoms with E-state index in [2.05, 4.69) is 0 Å². The Bertz CT molecular complexity index is 899. The predicted molar refractivity (Wildman–Crippen MR) is 110 cm³/mol. The second-order valence-electron chi connectivity index (χ2n) is 7.72. The number of nitrogens with zero attached hydrogens (tertiary/aromatic N) is 1. The fourth-order valence-electron chi connectivity index (χ4n) is 3.75. The fraction of sp³-hybridized carbons (Fsp3) is 0.500. The molecule has 1 aromatic carbocycles. The number of carbonyl (C=O) groups excluding carboxylic acids is 1. The molecule has 0 saturated heterocycles. The van der Waals surface area contributed by atoms with Crippen molar-refractivity contribution in [1.29, 1.82) is 0 Å². The zero-order valence-electron chi connectivity index (χ0n) is 18.2. The van der Waals surface area contributed by atoms with Crippen molar-refractivity contribution < 1.29 is 34.1 Å². The number of rotatable bonds is 9. The number of allylic oxidation sites excluding steroid dienone is 1. The minimum absolute atomic E-state index is 0.0370. The molecule has 0 bridgehead atoms. The van der Waals surface area contributed by atoms with Crippen molar-refractivity contribution in [1.82, 2.24) is 4.90 Å². The second-order valence-corrected chi connectivity index (χ2v) is 7.72. The first-order valence-electron chi connectivity index (χ1n) is 9.83. The number of benzene rings is 1. The van der Waals surface area contributed by atoms with E-state index in [-0.39, 0.29) is 35.9 Å². The number of ether oxygens (including phenoxy) is 2. The molecule has 2 N–H and O–H groups in total. The van der Waals surface area contributed by atoms with E-state index in [1.54, 1.807) is 13.8 Å². The van der Waals surface area contributed by atoms with E-state index in [4.69, 9.17) is 9.47 Å². The van der Waals surface area contributed by atoms with Crippen LogP contribution in [0, 0.1) is 12.8 Å². The average Bonchev–Trinajstić information content (AvgIpc) is 2.98. The molecule has 1 aliphatic rings. The van der Waals surface area contributed by atoms with Gasteiger partial charge in [0.25, 0.3) is 5.91 Å². The number of carbonyl (C=O) groups is 3. The van der Waals surface area contributed by atoms with Crippen molar-refractivity contribution in [2.75, 3.05) is 13.7 Å². The van der Waals surface area contributed by atoms with Crippen LogP contribution >= 0.6 is 0 Å². The van der Waals surface area contributed by atoms with Crippen LogP contribution in [0.2, 0.25) is 0 Å². The zero-order valence-corrected chi connectivity index (χ0v) is 18.2. The van der Waals surface area contributed by atoms with Gasteiger partial charge in [-0.25, -0.2) is 9.59 Å². The van der Waals surface area contributed by atoms with Crippen molar-refractivity contribution in [3.05, 3.63) is 33.9 Å². The van der Waals surface area contributed by atoms with Gasteiger partial charge in [0.1, 0.15) is 29.7 Å². The summed E-state index contributed by atoms with van der Waals surface area (Å²) in [6.07, 6.45) is 2.41. The van der Waals surface area contributed by atoms with Gasteiger partial charge in [0.2, 0.25) is 0 Å². The molecular formula is C22H29NO7. The first-order chi connectivity index (χ1) is 14.1. The van der Waals surface area contributed by atoms with Gasteiger partial charge >= 0.3 is 11.9 Å². The molecule has 8 nitrogen and oxygen atoms in total. The number of hydrogen-bond donors (Lipinski definition) is 2. The van der Waals surface area contributed by atoms with Crippen LogP contribution in [0.15, 0.2) is 11.6 Å². The lowest BCUT2D eigenvalue weighted by atomic mass is 9.96. The van der Waals surface area contributed by atoms with Gasteiger partial charge in [0.05, 0.1) is 19.2 Å². The largest absolute Gasteiger partial charge is 0.495 e. The monoisotopic (exact) mass is 419 g/mol. The molecule has 0 fully saturated rings. The Morgan fingerprint density at radius 2 is 1.87 bits per heavy atom. The van der Waals surface area contributed by atoms with Crippen LogP contribution in [0.1, 0.15) is 66.0 Å². The molecule has 0 aromatic heterocycles. The SMILES string of the molecule is CC[C@@H](C)[C@@H](C(=O)O)N1Cc2c(OCC=C(C)C)c(C)c(OC)c(C(=O)O)c2C1=O. The standard InChI is InChI=1S/C22H29NO7/c1-7-12(4)17(22(27)28)23-10-14-15(20(23)24)16(21(25)26)19(29-6)13(5)18(14)30-9-8-11(2)3/h8,12,17H,7,9-10H2,1-6H3,(H,25,26)(H,27,28)/t12-,17+/m1/s1. The molecule has 1 aromatic rings. The summed E-state index contributed by atoms with van der Waals surface area (Å²) in [6, 6.07) is -1.08. The van der Waals surface area contributed by atoms with E-state index in [1.807, 2.05) is 26.8 Å². The molecule has 30 heavy (non-hydrogen) atoms. The highest BCUT2D eigenvalue weighted by atomic mass is 16.5. The summed E-state index contributed by atoms with van der Waals surface area (Å²) in [6.45, 7) is 9.30. The quantitative estimate of drug-likeness (QED) is 0.589. The van der Waals surface area contributed by atoms with Gasteiger partial charge in [0, 0.05) is 11.1 Å². The fourth-order valence-corrected chi connectivity index (χ4v) is 3.75. The third-order valence-electron chi connectivity index (χ3n) is 5.45. The second kappa shape index (κ2) is 9.19. The number of carboxylic acid groups (broad SMARTS) is 2. The summed E-state index contributed by atoms with van der Waals surface area (Å²) >= 11 is 0. The highest BCUT2D eigenvalue weighted by molar-refractivity contribution is 6.11. The van der Waals surface area contributed by atoms with Crippen LogP contribution in [-0.4, -0.2) is 52.7 Å². The molecule has 0 unspecified atom stereocenters. The Kier molecular flexibility index (Phi) is 7.12. The predicted octanol–water partition coefficient (Wildman–Crippen LogP) is 3.50. The van der Waals surface area contributed by atoms with Crippen LogP contribution in [0.5, 0.6) is 11.5 Å². The molecule has 8 heteroatoms.